The van der Waals surface area contributed by atoms with Gasteiger partial charge in [0.1, 0.15) is 12.4 Å². The second-order valence-electron chi connectivity index (χ2n) is 7.09. The molecule has 3 aromatic rings. The summed E-state index contributed by atoms with van der Waals surface area (Å²) >= 11 is 6.20. The number of rotatable bonds is 8. The number of methoxy groups -OCH3 is 1. The Hall–Kier alpha value is -3.25. The van der Waals surface area contributed by atoms with Gasteiger partial charge in [-0.2, -0.15) is 0 Å². The van der Waals surface area contributed by atoms with Gasteiger partial charge in [-0.3, -0.25) is 4.79 Å². The van der Waals surface area contributed by atoms with E-state index in [1.54, 1.807) is 25.3 Å². The zero-order chi connectivity index (χ0) is 22.4. The summed E-state index contributed by atoms with van der Waals surface area (Å²) in [5, 5.41) is 7.46. The second kappa shape index (κ2) is 10.2. The van der Waals surface area contributed by atoms with E-state index in [1.165, 1.54) is 6.08 Å². The smallest absolute Gasteiger partial charge is 0.244 e. The van der Waals surface area contributed by atoms with Crippen molar-refractivity contribution in [2.45, 2.75) is 33.4 Å². The maximum absolute atomic E-state index is 12.3. The van der Waals surface area contributed by atoms with E-state index in [2.05, 4.69) is 10.5 Å². The van der Waals surface area contributed by atoms with E-state index in [1.807, 2.05) is 51.1 Å². The molecule has 3 rings (SSSR count). The Morgan fingerprint density at radius 3 is 2.68 bits per heavy atom. The third-order valence-corrected chi connectivity index (χ3v) is 5.24. The minimum atomic E-state index is -0.217. The number of hydrogen-bond donors (Lipinski definition) is 1. The molecule has 1 unspecified atom stereocenters. The molecule has 6 nitrogen and oxygen atoms in total. The second-order valence-corrected chi connectivity index (χ2v) is 7.49. The molecular formula is C24H25ClN2O4. The summed E-state index contributed by atoms with van der Waals surface area (Å²) in [6.45, 7) is 5.94. The van der Waals surface area contributed by atoms with Gasteiger partial charge in [0, 0.05) is 11.1 Å². The van der Waals surface area contributed by atoms with Gasteiger partial charge in [0.25, 0.3) is 0 Å². The first-order valence-electron chi connectivity index (χ1n) is 9.84. The fourth-order valence-electron chi connectivity index (χ4n) is 3.10. The largest absolute Gasteiger partial charge is 0.493 e. The predicted octanol–water partition coefficient (Wildman–Crippen LogP) is 5.42. The monoisotopic (exact) mass is 440 g/mol. The van der Waals surface area contributed by atoms with Crippen molar-refractivity contribution in [3.05, 3.63) is 81.7 Å². The molecule has 0 spiro atoms. The summed E-state index contributed by atoms with van der Waals surface area (Å²) in [6.07, 6.45) is 3.20. The normalized spacial score (nSPS) is 12.0. The summed E-state index contributed by atoms with van der Waals surface area (Å²) in [6, 6.07) is 12.7. The van der Waals surface area contributed by atoms with Crippen LogP contribution in [0.2, 0.25) is 5.02 Å². The van der Waals surface area contributed by atoms with E-state index in [0.717, 1.165) is 28.1 Å². The van der Waals surface area contributed by atoms with E-state index in [9.17, 15) is 4.79 Å². The van der Waals surface area contributed by atoms with Crippen LogP contribution in [-0.2, 0) is 11.4 Å². The maximum Gasteiger partial charge on any atom is 0.244 e. The lowest BCUT2D eigenvalue weighted by atomic mass is 10.1. The SMILES string of the molecule is COc1cc(C=CC(=O)NC(C)c2ccccc2Cl)ccc1OCc1c(C)noc1C. The summed E-state index contributed by atoms with van der Waals surface area (Å²) in [7, 11) is 1.57. The van der Waals surface area contributed by atoms with Crippen LogP contribution in [0.3, 0.4) is 0 Å². The van der Waals surface area contributed by atoms with Crippen LogP contribution in [0.4, 0.5) is 0 Å². The Balaban J connectivity index is 1.64. The molecule has 162 valence electrons. The number of aromatic nitrogens is 1. The topological polar surface area (TPSA) is 73.6 Å². The highest BCUT2D eigenvalue weighted by molar-refractivity contribution is 6.31. The summed E-state index contributed by atoms with van der Waals surface area (Å²) in [4.78, 5) is 12.3. The summed E-state index contributed by atoms with van der Waals surface area (Å²) in [5.74, 6) is 1.67. The first kappa shape index (κ1) is 22.4. The lowest BCUT2D eigenvalue weighted by Gasteiger charge is -2.14. The fraction of sp³-hybridized carbons (Fsp3) is 0.250. The van der Waals surface area contributed by atoms with Crippen LogP contribution >= 0.6 is 11.6 Å². The number of carbonyl (C=O) groups is 1. The van der Waals surface area contributed by atoms with Gasteiger partial charge >= 0.3 is 0 Å². The standard InChI is InChI=1S/C24H25ClN2O4/c1-15(19-7-5-6-8-21(19)25)26-24(28)12-10-18-9-11-22(23(13-18)29-4)30-14-20-16(2)27-31-17(20)3/h5-13,15H,14H2,1-4H3,(H,26,28). The van der Waals surface area contributed by atoms with E-state index < -0.39 is 0 Å². The Bertz CT molecular complexity index is 1070. The van der Waals surface area contributed by atoms with Gasteiger partial charge in [-0.1, -0.05) is 41.0 Å². The number of ether oxygens (including phenoxy) is 2. The first-order chi connectivity index (χ1) is 14.9. The van der Waals surface area contributed by atoms with Crippen LogP contribution in [0.5, 0.6) is 11.5 Å². The number of nitrogens with one attached hydrogen (secondary N) is 1. The Morgan fingerprint density at radius 1 is 1.23 bits per heavy atom. The first-order valence-corrected chi connectivity index (χ1v) is 10.2. The maximum atomic E-state index is 12.3. The van der Waals surface area contributed by atoms with Crippen molar-refractivity contribution in [2.75, 3.05) is 7.11 Å². The third kappa shape index (κ3) is 5.67. The molecule has 0 saturated heterocycles. The quantitative estimate of drug-likeness (QED) is 0.473. The molecule has 0 aliphatic carbocycles. The Labute approximate surface area is 186 Å². The Kier molecular flexibility index (Phi) is 7.36. The van der Waals surface area contributed by atoms with Crippen LogP contribution < -0.4 is 14.8 Å². The highest BCUT2D eigenvalue weighted by Crippen LogP contribution is 2.30. The number of carbonyl (C=O) groups excluding carboxylic acids is 1. The molecule has 0 saturated carbocycles. The summed E-state index contributed by atoms with van der Waals surface area (Å²) < 4.78 is 16.5. The molecule has 0 fully saturated rings. The Morgan fingerprint density at radius 2 is 2.00 bits per heavy atom. The molecule has 0 aliphatic heterocycles. The lowest BCUT2D eigenvalue weighted by Crippen LogP contribution is -2.24. The van der Waals surface area contributed by atoms with Gasteiger partial charge in [-0.05, 0) is 56.2 Å². The number of nitrogens with zero attached hydrogens (tertiary/aromatic N) is 1. The van der Waals surface area contributed by atoms with Gasteiger partial charge in [0.05, 0.1) is 24.4 Å². The van der Waals surface area contributed by atoms with Crippen LogP contribution in [0, 0.1) is 13.8 Å². The molecule has 0 radical (unpaired) electrons. The molecule has 7 heteroatoms. The van der Waals surface area contributed by atoms with Gasteiger partial charge in [0.2, 0.25) is 5.91 Å². The molecule has 0 aliphatic rings. The van der Waals surface area contributed by atoms with Crippen molar-refractivity contribution in [3.63, 3.8) is 0 Å². The van der Waals surface area contributed by atoms with Crippen molar-refractivity contribution >= 4 is 23.6 Å². The van der Waals surface area contributed by atoms with Gasteiger partial charge in [-0.25, -0.2) is 0 Å². The molecule has 0 bridgehead atoms. The van der Waals surface area contributed by atoms with Crippen molar-refractivity contribution in [1.82, 2.24) is 10.5 Å². The molecule has 1 aromatic heterocycles. The van der Waals surface area contributed by atoms with Crippen molar-refractivity contribution in [2.24, 2.45) is 0 Å². The average molecular weight is 441 g/mol. The van der Waals surface area contributed by atoms with Gasteiger partial charge in [0.15, 0.2) is 11.5 Å². The molecule has 1 heterocycles. The van der Waals surface area contributed by atoms with Crippen LogP contribution in [0.15, 0.2) is 53.1 Å². The number of hydrogen-bond acceptors (Lipinski definition) is 5. The minimum absolute atomic E-state index is 0.208. The molecule has 1 atom stereocenters. The van der Waals surface area contributed by atoms with E-state index in [-0.39, 0.29) is 11.9 Å². The number of amides is 1. The van der Waals surface area contributed by atoms with Crippen LogP contribution in [0.25, 0.3) is 6.08 Å². The zero-order valence-corrected chi connectivity index (χ0v) is 18.7. The fourth-order valence-corrected chi connectivity index (χ4v) is 3.40. The van der Waals surface area contributed by atoms with Crippen molar-refractivity contribution in [1.29, 1.82) is 0 Å². The highest BCUT2D eigenvalue weighted by Gasteiger charge is 2.13. The number of halogens is 1. The van der Waals surface area contributed by atoms with Gasteiger partial charge in [-0.15, -0.1) is 0 Å². The number of aryl methyl sites for hydroxylation is 2. The average Bonchev–Trinajstić information content (AvgIpc) is 3.08. The lowest BCUT2D eigenvalue weighted by molar-refractivity contribution is -0.117. The molecule has 1 N–H and O–H groups in total. The molecular weight excluding hydrogens is 416 g/mol. The highest BCUT2D eigenvalue weighted by atomic mass is 35.5. The minimum Gasteiger partial charge on any atom is -0.493 e. The zero-order valence-electron chi connectivity index (χ0n) is 17.9. The molecule has 1 amide bonds. The van der Waals surface area contributed by atoms with Gasteiger partial charge < -0.3 is 19.3 Å². The number of benzene rings is 2. The predicted molar refractivity (Wildman–Crippen MR) is 120 cm³/mol. The third-order valence-electron chi connectivity index (χ3n) is 4.90. The van der Waals surface area contributed by atoms with Crippen molar-refractivity contribution in [3.8, 4) is 11.5 Å². The molecule has 2 aromatic carbocycles. The van der Waals surface area contributed by atoms with E-state index in [0.29, 0.717) is 23.1 Å². The van der Waals surface area contributed by atoms with Crippen LogP contribution in [-0.4, -0.2) is 18.2 Å². The van der Waals surface area contributed by atoms with E-state index in [4.69, 9.17) is 25.6 Å². The van der Waals surface area contributed by atoms with E-state index >= 15 is 0 Å². The van der Waals surface area contributed by atoms with Crippen molar-refractivity contribution < 1.29 is 18.8 Å². The molecule has 31 heavy (non-hydrogen) atoms. The summed E-state index contributed by atoms with van der Waals surface area (Å²) in [5.41, 5.74) is 3.39. The van der Waals surface area contributed by atoms with Crippen LogP contribution in [0.1, 0.15) is 41.1 Å².